The van der Waals surface area contributed by atoms with Crippen LogP contribution in [0, 0.1) is 6.92 Å². The first kappa shape index (κ1) is 14.2. The van der Waals surface area contributed by atoms with Crippen LogP contribution in [-0.2, 0) is 13.2 Å². The van der Waals surface area contributed by atoms with Gasteiger partial charge in [0, 0.05) is 6.54 Å². The molecule has 108 valence electrons. The van der Waals surface area contributed by atoms with Crippen molar-refractivity contribution in [3.05, 3.63) is 35.5 Å². The van der Waals surface area contributed by atoms with Gasteiger partial charge in [-0.2, -0.15) is 5.10 Å². The van der Waals surface area contributed by atoms with Gasteiger partial charge in [0.15, 0.2) is 0 Å². The Labute approximate surface area is 119 Å². The quantitative estimate of drug-likeness (QED) is 0.880. The Kier molecular flexibility index (Phi) is 4.50. The maximum Gasteiger partial charge on any atom is 0.236 e. The minimum atomic E-state index is 0.441. The number of nitrogens with zero attached hydrogens (tertiary/aromatic N) is 2. The monoisotopic (exact) mass is 275 g/mol. The zero-order chi connectivity index (χ0) is 14.5. The van der Waals surface area contributed by atoms with E-state index >= 15 is 0 Å². The van der Waals surface area contributed by atoms with Gasteiger partial charge in [-0.3, -0.25) is 0 Å². The zero-order valence-electron chi connectivity index (χ0n) is 12.2. The summed E-state index contributed by atoms with van der Waals surface area (Å²) in [6.07, 6.45) is 0.982. The van der Waals surface area contributed by atoms with Gasteiger partial charge in [0.1, 0.15) is 18.0 Å². The SMILES string of the molecule is CCCn1nc(C)c(N)c1OCc1cccc(OC)c1. The Morgan fingerprint density at radius 1 is 1.35 bits per heavy atom. The van der Waals surface area contributed by atoms with Gasteiger partial charge in [-0.05, 0) is 31.0 Å². The molecular formula is C15H21N3O2. The van der Waals surface area contributed by atoms with Crippen LogP contribution in [0.3, 0.4) is 0 Å². The molecule has 0 atom stereocenters. The smallest absolute Gasteiger partial charge is 0.236 e. The molecule has 0 aliphatic rings. The van der Waals surface area contributed by atoms with Crippen LogP contribution in [0.25, 0.3) is 0 Å². The van der Waals surface area contributed by atoms with Crippen LogP contribution in [0.1, 0.15) is 24.6 Å². The fraction of sp³-hybridized carbons (Fsp3) is 0.400. The second-order valence-corrected chi connectivity index (χ2v) is 4.67. The molecule has 2 rings (SSSR count). The summed E-state index contributed by atoms with van der Waals surface area (Å²) in [5.41, 5.74) is 8.47. The van der Waals surface area contributed by atoms with E-state index in [1.807, 2.05) is 35.9 Å². The van der Waals surface area contributed by atoms with Crippen molar-refractivity contribution < 1.29 is 9.47 Å². The van der Waals surface area contributed by atoms with Gasteiger partial charge >= 0.3 is 0 Å². The van der Waals surface area contributed by atoms with Gasteiger partial charge in [-0.1, -0.05) is 19.1 Å². The number of ether oxygens (including phenoxy) is 2. The molecule has 20 heavy (non-hydrogen) atoms. The summed E-state index contributed by atoms with van der Waals surface area (Å²) >= 11 is 0. The Balaban J connectivity index is 2.13. The molecule has 0 bridgehead atoms. The average Bonchev–Trinajstić information content (AvgIpc) is 2.72. The Morgan fingerprint density at radius 2 is 2.15 bits per heavy atom. The highest BCUT2D eigenvalue weighted by Gasteiger charge is 2.13. The van der Waals surface area contributed by atoms with Gasteiger partial charge in [-0.25, -0.2) is 4.68 Å². The number of methoxy groups -OCH3 is 1. The number of anilines is 1. The summed E-state index contributed by atoms with van der Waals surface area (Å²) in [5, 5.41) is 4.39. The molecule has 0 radical (unpaired) electrons. The number of rotatable bonds is 6. The lowest BCUT2D eigenvalue weighted by Gasteiger charge is -2.10. The van der Waals surface area contributed by atoms with E-state index < -0.39 is 0 Å². The van der Waals surface area contributed by atoms with E-state index in [9.17, 15) is 0 Å². The molecule has 0 aliphatic carbocycles. The van der Waals surface area contributed by atoms with Gasteiger partial charge in [-0.15, -0.1) is 0 Å². The van der Waals surface area contributed by atoms with Gasteiger partial charge in [0.25, 0.3) is 0 Å². The van der Waals surface area contributed by atoms with E-state index in [-0.39, 0.29) is 0 Å². The largest absolute Gasteiger partial charge is 0.497 e. The van der Waals surface area contributed by atoms with Crippen molar-refractivity contribution in [3.63, 3.8) is 0 Å². The first-order valence-corrected chi connectivity index (χ1v) is 6.74. The first-order chi connectivity index (χ1) is 9.65. The molecule has 1 aromatic heterocycles. The number of aromatic nitrogens is 2. The molecule has 1 heterocycles. The zero-order valence-corrected chi connectivity index (χ0v) is 12.2. The van der Waals surface area contributed by atoms with Crippen LogP contribution in [0.5, 0.6) is 11.6 Å². The van der Waals surface area contributed by atoms with Crippen molar-refractivity contribution in [1.29, 1.82) is 0 Å². The second kappa shape index (κ2) is 6.32. The Bertz CT molecular complexity index is 578. The molecule has 2 aromatic rings. The van der Waals surface area contributed by atoms with E-state index in [2.05, 4.69) is 12.0 Å². The van der Waals surface area contributed by atoms with E-state index in [1.165, 1.54) is 0 Å². The summed E-state index contributed by atoms with van der Waals surface area (Å²) in [6, 6.07) is 7.79. The highest BCUT2D eigenvalue weighted by molar-refractivity contribution is 5.52. The van der Waals surface area contributed by atoms with Crippen LogP contribution in [0.15, 0.2) is 24.3 Å². The predicted molar refractivity (Wildman–Crippen MR) is 79.0 cm³/mol. The van der Waals surface area contributed by atoms with Crippen molar-refractivity contribution in [2.24, 2.45) is 0 Å². The highest BCUT2D eigenvalue weighted by atomic mass is 16.5. The predicted octanol–water partition coefficient (Wildman–Crippen LogP) is 2.77. The van der Waals surface area contributed by atoms with Crippen LogP contribution in [-0.4, -0.2) is 16.9 Å². The van der Waals surface area contributed by atoms with Crippen molar-refractivity contribution >= 4 is 5.69 Å². The average molecular weight is 275 g/mol. The summed E-state index contributed by atoms with van der Waals surface area (Å²) in [5.74, 6) is 1.46. The highest BCUT2D eigenvalue weighted by Crippen LogP contribution is 2.26. The standard InChI is InChI=1S/C15H21N3O2/c1-4-8-18-15(14(16)11(2)17-18)20-10-12-6-5-7-13(9-12)19-3/h5-7,9H,4,8,10,16H2,1-3H3. The lowest BCUT2D eigenvalue weighted by Crippen LogP contribution is -2.06. The third-order valence-electron chi connectivity index (χ3n) is 3.07. The van der Waals surface area contributed by atoms with E-state index in [1.54, 1.807) is 7.11 Å². The maximum atomic E-state index is 6.02. The van der Waals surface area contributed by atoms with Crippen LogP contribution in [0.4, 0.5) is 5.69 Å². The number of nitrogen functional groups attached to an aromatic ring is 1. The van der Waals surface area contributed by atoms with Gasteiger partial charge in [0.05, 0.1) is 12.8 Å². The van der Waals surface area contributed by atoms with E-state index in [0.29, 0.717) is 18.2 Å². The molecular weight excluding hydrogens is 254 g/mol. The molecule has 1 aromatic carbocycles. The first-order valence-electron chi connectivity index (χ1n) is 6.74. The van der Waals surface area contributed by atoms with Crippen LogP contribution >= 0.6 is 0 Å². The molecule has 5 nitrogen and oxygen atoms in total. The Hall–Kier alpha value is -2.17. The number of aryl methyl sites for hydroxylation is 2. The third kappa shape index (κ3) is 3.04. The fourth-order valence-corrected chi connectivity index (χ4v) is 2.00. The molecule has 0 aliphatic heterocycles. The summed E-state index contributed by atoms with van der Waals surface area (Å²) < 4.78 is 12.9. The molecule has 0 fully saturated rings. The number of hydrogen-bond acceptors (Lipinski definition) is 4. The molecule has 0 spiro atoms. The number of nitrogens with two attached hydrogens (primary N) is 1. The van der Waals surface area contributed by atoms with Crippen LogP contribution < -0.4 is 15.2 Å². The minimum absolute atomic E-state index is 0.441. The normalized spacial score (nSPS) is 10.6. The van der Waals surface area contributed by atoms with E-state index in [0.717, 1.165) is 30.0 Å². The topological polar surface area (TPSA) is 62.3 Å². The van der Waals surface area contributed by atoms with Crippen molar-refractivity contribution in [1.82, 2.24) is 9.78 Å². The van der Waals surface area contributed by atoms with Gasteiger partial charge in [0.2, 0.25) is 5.88 Å². The lowest BCUT2D eigenvalue weighted by atomic mass is 10.2. The van der Waals surface area contributed by atoms with E-state index in [4.69, 9.17) is 15.2 Å². The minimum Gasteiger partial charge on any atom is -0.497 e. The van der Waals surface area contributed by atoms with Gasteiger partial charge < -0.3 is 15.2 Å². The maximum absolute atomic E-state index is 6.02. The molecule has 0 saturated carbocycles. The molecule has 2 N–H and O–H groups in total. The number of benzene rings is 1. The fourth-order valence-electron chi connectivity index (χ4n) is 2.00. The molecule has 0 saturated heterocycles. The third-order valence-corrected chi connectivity index (χ3v) is 3.07. The molecule has 5 heteroatoms. The second-order valence-electron chi connectivity index (χ2n) is 4.67. The summed E-state index contributed by atoms with van der Waals surface area (Å²) in [4.78, 5) is 0. The summed E-state index contributed by atoms with van der Waals surface area (Å²) in [6.45, 7) is 5.22. The molecule has 0 unspecified atom stereocenters. The summed E-state index contributed by atoms with van der Waals surface area (Å²) in [7, 11) is 1.65. The van der Waals surface area contributed by atoms with Crippen LogP contribution in [0.2, 0.25) is 0 Å². The Morgan fingerprint density at radius 3 is 2.85 bits per heavy atom. The van der Waals surface area contributed by atoms with Crippen molar-refractivity contribution in [2.75, 3.05) is 12.8 Å². The lowest BCUT2D eigenvalue weighted by molar-refractivity contribution is 0.272. The number of hydrogen-bond donors (Lipinski definition) is 1. The van der Waals surface area contributed by atoms with Crippen molar-refractivity contribution in [2.45, 2.75) is 33.4 Å². The molecule has 0 amide bonds. The van der Waals surface area contributed by atoms with Crippen molar-refractivity contribution in [3.8, 4) is 11.6 Å².